The van der Waals surface area contributed by atoms with Crippen LogP contribution in [0.2, 0.25) is 0 Å². The molecular formula is C24H22Cl2N2O11Pt. The van der Waals surface area contributed by atoms with Gasteiger partial charge < -0.3 is 67.0 Å². The summed E-state index contributed by atoms with van der Waals surface area (Å²) in [4.78, 5) is 0. The van der Waals surface area contributed by atoms with Gasteiger partial charge in [-0.3, -0.25) is 0 Å². The molecule has 0 aliphatic carbocycles. The summed E-state index contributed by atoms with van der Waals surface area (Å²) in [5, 5.41) is 69.8. The van der Waals surface area contributed by atoms with Gasteiger partial charge in [0.15, 0.2) is 23.0 Å². The molecule has 4 aromatic rings. The first-order valence-corrected chi connectivity index (χ1v) is 15.8. The van der Waals surface area contributed by atoms with E-state index in [2.05, 4.69) is 0 Å². The number of benzene rings is 4. The van der Waals surface area contributed by atoms with Crippen molar-refractivity contribution in [2.75, 3.05) is 0 Å². The van der Waals surface area contributed by atoms with Crippen molar-refractivity contribution in [3.63, 3.8) is 0 Å². The number of halogens is 2. The second-order valence-corrected chi connectivity index (χ2v) is 10.8. The Balaban J connectivity index is 0.00000107. The predicted molar refractivity (Wildman–Crippen MR) is 139 cm³/mol. The first kappa shape index (κ1) is 32.1. The van der Waals surface area contributed by atoms with Crippen molar-refractivity contribution in [3.05, 3.63) is 54.6 Å². The molecule has 1 heterocycles. The maximum atomic E-state index is 10.5. The van der Waals surface area contributed by atoms with Gasteiger partial charge in [0.2, 0.25) is 23.0 Å². The van der Waals surface area contributed by atoms with Crippen molar-refractivity contribution in [3.8, 4) is 86.2 Å². The van der Waals surface area contributed by atoms with Crippen LogP contribution in [0.4, 0.5) is 0 Å². The van der Waals surface area contributed by atoms with Gasteiger partial charge in [-0.1, -0.05) is 0 Å². The van der Waals surface area contributed by atoms with Crippen LogP contribution in [-0.4, -0.2) is 35.7 Å². The molecule has 0 fully saturated rings. The normalized spacial score (nSPS) is 10.7. The van der Waals surface area contributed by atoms with Crippen LogP contribution in [-0.2, 0) is 16.5 Å². The van der Waals surface area contributed by atoms with E-state index in [-0.39, 0.29) is 81.3 Å². The topological polar surface area (TPSA) is 249 Å². The molecule has 1 aliphatic rings. The minimum atomic E-state index is -0.556. The zero-order valence-corrected chi connectivity index (χ0v) is 23.7. The van der Waals surface area contributed by atoms with Crippen LogP contribution >= 0.6 is 18.8 Å². The van der Waals surface area contributed by atoms with E-state index < -0.39 is 33.7 Å². The van der Waals surface area contributed by atoms with Crippen molar-refractivity contribution < 1.29 is 71.2 Å². The summed E-state index contributed by atoms with van der Waals surface area (Å²) in [6, 6.07) is 10.4. The van der Waals surface area contributed by atoms with Crippen molar-refractivity contribution in [1.29, 1.82) is 0 Å². The Bertz CT molecular complexity index is 1480. The maximum absolute atomic E-state index is 10.5. The molecule has 1 aliphatic heterocycles. The molecule has 0 saturated carbocycles. The molecule has 0 bridgehead atoms. The van der Waals surface area contributed by atoms with E-state index in [0.29, 0.717) is 0 Å². The molecule has 0 amide bonds. The third-order valence-corrected chi connectivity index (χ3v) is 4.78. The van der Waals surface area contributed by atoms with Gasteiger partial charge in [0.25, 0.3) is 0 Å². The fourth-order valence-electron chi connectivity index (χ4n) is 3.41. The Labute approximate surface area is 242 Å². The number of rotatable bonds is 4. The van der Waals surface area contributed by atoms with Crippen LogP contribution in [0.1, 0.15) is 0 Å². The average Bonchev–Trinajstić information content (AvgIpc) is 2.80. The Kier molecular flexibility index (Phi) is 10.7. The fourth-order valence-corrected chi connectivity index (χ4v) is 3.41. The van der Waals surface area contributed by atoms with Crippen LogP contribution < -0.4 is 31.2 Å². The Morgan fingerprint density at radius 2 is 0.950 bits per heavy atom. The van der Waals surface area contributed by atoms with Crippen LogP contribution in [0, 0.1) is 0 Å². The standard InChI is InChI=1S/C24H16O11.2ClH.2H3N.Pt/c25-10-1-11(26)4-14(3-10)32-16-7-17(29)21-20(8-16)34-23-19(31)9-18(30)22(24(23)35-21)33-15-5-12(27)2-13(28)6-15;;;;;/h1-9,25-31H;2*1H;2*1H3;/q;;;;;+2/p-2. The van der Waals surface area contributed by atoms with Gasteiger partial charge in [-0.2, -0.15) is 0 Å². The molecule has 5 rings (SSSR count). The summed E-state index contributed by atoms with van der Waals surface area (Å²) >= 11 is -0.472. The van der Waals surface area contributed by atoms with Crippen LogP contribution in [0.3, 0.4) is 0 Å². The van der Waals surface area contributed by atoms with E-state index in [1.165, 1.54) is 24.3 Å². The molecule has 0 spiro atoms. The average molecular weight is 780 g/mol. The second kappa shape index (κ2) is 13.3. The summed E-state index contributed by atoms with van der Waals surface area (Å²) in [6.45, 7) is 0. The van der Waals surface area contributed by atoms with E-state index in [0.717, 1.165) is 30.3 Å². The summed E-state index contributed by atoms with van der Waals surface area (Å²) in [5.41, 5.74) is 0. The number of phenolic OH excluding ortho intramolecular Hbond substituents is 7. The van der Waals surface area contributed by atoms with Gasteiger partial charge in [0.1, 0.15) is 40.2 Å². The van der Waals surface area contributed by atoms with Crippen LogP contribution in [0.25, 0.3) is 0 Å². The van der Waals surface area contributed by atoms with E-state index in [1.54, 1.807) is 0 Å². The van der Waals surface area contributed by atoms with Crippen molar-refractivity contribution in [2.45, 2.75) is 0 Å². The summed E-state index contributed by atoms with van der Waals surface area (Å²) in [5.74, 6) is -3.72. The Morgan fingerprint density at radius 1 is 0.500 bits per heavy atom. The molecule has 13 N–H and O–H groups in total. The number of phenols is 7. The molecule has 0 atom stereocenters. The number of hydrogen-bond donors (Lipinski definition) is 9. The quantitative estimate of drug-likeness (QED) is 0.0911. The van der Waals surface area contributed by atoms with Gasteiger partial charge in [-0.05, 0) is 0 Å². The molecule has 40 heavy (non-hydrogen) atoms. The third-order valence-electron chi connectivity index (χ3n) is 4.78. The van der Waals surface area contributed by atoms with Crippen molar-refractivity contribution in [2.24, 2.45) is 0 Å². The fraction of sp³-hybridized carbons (Fsp3) is 0. The van der Waals surface area contributed by atoms with Gasteiger partial charge in [0, 0.05) is 54.6 Å². The molecule has 0 unspecified atom stereocenters. The van der Waals surface area contributed by atoms with Gasteiger partial charge >= 0.3 is 35.3 Å². The molecule has 13 nitrogen and oxygen atoms in total. The monoisotopic (exact) mass is 779 g/mol. The Hall–Kier alpha value is -4.13. The number of fused-ring (bicyclic) bond motifs is 2. The van der Waals surface area contributed by atoms with Crippen LogP contribution in [0.15, 0.2) is 54.6 Å². The molecule has 0 aromatic heterocycles. The van der Waals surface area contributed by atoms with E-state index in [1.807, 2.05) is 0 Å². The number of aromatic hydroxyl groups is 7. The molecule has 4 aromatic carbocycles. The zero-order chi connectivity index (χ0) is 27.6. The number of hydrogen-bond acceptors (Lipinski definition) is 13. The summed E-state index contributed by atoms with van der Waals surface area (Å²) < 4.78 is 22.5. The van der Waals surface area contributed by atoms with Crippen LogP contribution in [0.5, 0.6) is 86.2 Å². The third kappa shape index (κ3) is 7.08. The van der Waals surface area contributed by atoms with Crippen molar-refractivity contribution in [1.82, 2.24) is 12.3 Å². The van der Waals surface area contributed by atoms with Crippen molar-refractivity contribution >= 4 is 18.8 Å². The molecule has 218 valence electrons. The zero-order valence-electron chi connectivity index (χ0n) is 19.9. The first-order valence-electron chi connectivity index (χ1n) is 10.1. The number of ether oxygens (including phenoxy) is 4. The molecule has 0 saturated heterocycles. The summed E-state index contributed by atoms with van der Waals surface area (Å²) in [7, 11) is 9.75. The first-order chi connectivity index (χ1) is 18.1. The SMILES string of the molecule is N.N.Oc1cc(O)cc(Oc2cc(O)c3c(c2)Oc2c(O)cc(O)c(Oc4cc(O)cc(O)c4)c2O3)c1.[Cl][Pt][Cl]. The minimum absolute atomic E-state index is 0. The van der Waals surface area contributed by atoms with Gasteiger partial charge in [-0.25, -0.2) is 0 Å². The second-order valence-electron chi connectivity index (χ2n) is 7.50. The predicted octanol–water partition coefficient (Wildman–Crippen LogP) is 6.81. The van der Waals surface area contributed by atoms with E-state index in [4.69, 9.17) is 37.8 Å². The van der Waals surface area contributed by atoms with E-state index in [9.17, 15) is 35.7 Å². The summed E-state index contributed by atoms with van der Waals surface area (Å²) in [6.07, 6.45) is 0. The van der Waals surface area contributed by atoms with Gasteiger partial charge in [0.05, 0.1) is 0 Å². The Morgan fingerprint density at radius 3 is 1.48 bits per heavy atom. The van der Waals surface area contributed by atoms with Gasteiger partial charge in [-0.15, -0.1) is 0 Å². The molecule has 0 radical (unpaired) electrons. The van der Waals surface area contributed by atoms with E-state index >= 15 is 0 Å². The molecular weight excluding hydrogens is 758 g/mol. The molecule has 16 heteroatoms.